The average molecular weight is 335 g/mol. The molecular weight excluding hydrogens is 310 g/mol. The molecular formula is C17H25N3O2S. The molecule has 0 saturated heterocycles. The van der Waals surface area contributed by atoms with Gasteiger partial charge in [-0.3, -0.25) is 5.10 Å². The maximum Gasteiger partial charge on any atom is 0.267 e. The van der Waals surface area contributed by atoms with Crippen LogP contribution in [-0.2, 0) is 27.4 Å². The number of nitrogens with one attached hydrogen (secondary N) is 1. The molecule has 2 aromatic rings. The summed E-state index contributed by atoms with van der Waals surface area (Å²) in [5.74, 6) is 0.510. The number of benzene rings is 1. The van der Waals surface area contributed by atoms with Gasteiger partial charge in [0.05, 0.1) is 5.75 Å². The van der Waals surface area contributed by atoms with E-state index in [4.69, 9.17) is 0 Å². The Balaban J connectivity index is 2.40. The minimum atomic E-state index is -3.55. The molecule has 0 aliphatic heterocycles. The zero-order chi connectivity index (χ0) is 17.4. The third kappa shape index (κ3) is 3.80. The summed E-state index contributed by atoms with van der Waals surface area (Å²) in [6.07, 6.45) is 0.626. The number of hydrogen-bond donors (Lipinski definition) is 1. The first-order valence-corrected chi connectivity index (χ1v) is 9.44. The zero-order valence-corrected chi connectivity index (χ0v) is 15.5. The van der Waals surface area contributed by atoms with E-state index in [-0.39, 0.29) is 16.3 Å². The number of aryl methyl sites for hydroxylation is 3. The standard InChI is InChI=1S/C17H25N3O2S/c1-7-15-18-16(20-19-15)23(21,22)10-14-11(2)8-13(9-12(14)3)17(4,5)6/h8-9H,7,10H2,1-6H3,(H,18,19,20). The van der Waals surface area contributed by atoms with E-state index in [1.54, 1.807) is 0 Å². The molecule has 1 aromatic carbocycles. The van der Waals surface area contributed by atoms with Crippen LogP contribution < -0.4 is 0 Å². The van der Waals surface area contributed by atoms with Crippen molar-refractivity contribution in [3.63, 3.8) is 0 Å². The molecule has 0 aliphatic rings. The van der Waals surface area contributed by atoms with Gasteiger partial charge in [0.2, 0.25) is 9.84 Å². The molecule has 1 aromatic heterocycles. The van der Waals surface area contributed by atoms with Gasteiger partial charge in [-0.1, -0.05) is 39.8 Å². The first kappa shape index (κ1) is 17.7. The smallest absolute Gasteiger partial charge is 0.262 e. The van der Waals surface area contributed by atoms with Crippen molar-refractivity contribution in [2.24, 2.45) is 0 Å². The number of hydrogen-bond acceptors (Lipinski definition) is 4. The summed E-state index contributed by atoms with van der Waals surface area (Å²) in [6.45, 7) is 12.3. The maximum absolute atomic E-state index is 12.6. The van der Waals surface area contributed by atoms with Crippen molar-refractivity contribution in [3.05, 3.63) is 40.2 Å². The van der Waals surface area contributed by atoms with Crippen LogP contribution in [0.25, 0.3) is 0 Å². The average Bonchev–Trinajstić information content (AvgIpc) is 2.91. The number of aromatic amines is 1. The first-order chi connectivity index (χ1) is 10.5. The second-order valence-corrected chi connectivity index (χ2v) is 8.90. The van der Waals surface area contributed by atoms with E-state index in [9.17, 15) is 8.42 Å². The number of sulfone groups is 1. The number of H-pyrrole nitrogens is 1. The van der Waals surface area contributed by atoms with E-state index in [0.717, 1.165) is 16.7 Å². The van der Waals surface area contributed by atoms with Crippen LogP contribution >= 0.6 is 0 Å². The molecule has 0 spiro atoms. The third-order valence-corrected chi connectivity index (χ3v) is 5.43. The summed E-state index contributed by atoms with van der Waals surface area (Å²) in [7, 11) is -3.55. The number of nitrogens with zero attached hydrogens (tertiary/aromatic N) is 2. The third-order valence-electron chi connectivity index (χ3n) is 4.02. The SMILES string of the molecule is CCc1nc(S(=O)(=O)Cc2c(C)cc(C(C)(C)C)cc2C)n[nH]1. The summed E-state index contributed by atoms with van der Waals surface area (Å²) < 4.78 is 25.1. The highest BCUT2D eigenvalue weighted by molar-refractivity contribution is 7.90. The minimum absolute atomic E-state index is 0.0344. The van der Waals surface area contributed by atoms with Crippen LogP contribution in [0.5, 0.6) is 0 Å². The molecule has 0 atom stereocenters. The Kier molecular flexibility index (Phi) is 4.66. The maximum atomic E-state index is 12.6. The van der Waals surface area contributed by atoms with Crippen LogP contribution in [0, 0.1) is 13.8 Å². The zero-order valence-electron chi connectivity index (χ0n) is 14.7. The van der Waals surface area contributed by atoms with Gasteiger partial charge in [-0.05, 0) is 41.5 Å². The molecule has 6 heteroatoms. The lowest BCUT2D eigenvalue weighted by atomic mass is 9.84. The Morgan fingerprint density at radius 1 is 1.13 bits per heavy atom. The van der Waals surface area contributed by atoms with Crippen LogP contribution in [0.15, 0.2) is 17.3 Å². The van der Waals surface area contributed by atoms with Gasteiger partial charge >= 0.3 is 0 Å². The minimum Gasteiger partial charge on any atom is -0.262 e. The molecule has 0 bridgehead atoms. The van der Waals surface area contributed by atoms with Crippen molar-refractivity contribution in [2.45, 2.75) is 64.3 Å². The van der Waals surface area contributed by atoms with Crippen LogP contribution in [0.3, 0.4) is 0 Å². The van der Waals surface area contributed by atoms with Crippen molar-refractivity contribution in [2.75, 3.05) is 0 Å². The van der Waals surface area contributed by atoms with Crippen molar-refractivity contribution < 1.29 is 8.42 Å². The molecule has 1 N–H and O–H groups in total. The van der Waals surface area contributed by atoms with Gasteiger partial charge < -0.3 is 0 Å². The van der Waals surface area contributed by atoms with Crippen molar-refractivity contribution in [1.29, 1.82) is 0 Å². The van der Waals surface area contributed by atoms with Gasteiger partial charge in [0.1, 0.15) is 5.82 Å². The summed E-state index contributed by atoms with van der Waals surface area (Å²) in [5, 5.41) is 6.39. The Morgan fingerprint density at radius 3 is 2.13 bits per heavy atom. The summed E-state index contributed by atoms with van der Waals surface area (Å²) in [6, 6.07) is 4.15. The molecule has 0 saturated carbocycles. The molecule has 0 amide bonds. The largest absolute Gasteiger partial charge is 0.267 e. The van der Waals surface area contributed by atoms with E-state index in [2.05, 4.69) is 48.1 Å². The van der Waals surface area contributed by atoms with Gasteiger partial charge in [-0.15, -0.1) is 5.10 Å². The Labute approximate surface area is 138 Å². The quantitative estimate of drug-likeness (QED) is 0.930. The van der Waals surface area contributed by atoms with E-state index in [1.807, 2.05) is 20.8 Å². The fourth-order valence-corrected chi connectivity index (χ4v) is 3.88. The van der Waals surface area contributed by atoms with Gasteiger partial charge in [-0.2, -0.15) is 0 Å². The van der Waals surface area contributed by atoms with Crippen molar-refractivity contribution >= 4 is 9.84 Å². The first-order valence-electron chi connectivity index (χ1n) is 7.79. The second kappa shape index (κ2) is 6.07. The van der Waals surface area contributed by atoms with E-state index < -0.39 is 9.84 Å². The predicted octanol–water partition coefficient (Wildman–Crippen LogP) is 3.26. The normalized spacial score (nSPS) is 12.6. The summed E-state index contributed by atoms with van der Waals surface area (Å²) in [5.41, 5.74) is 4.06. The highest BCUT2D eigenvalue weighted by Crippen LogP contribution is 2.28. The van der Waals surface area contributed by atoms with Gasteiger partial charge in [-0.25, -0.2) is 13.4 Å². The highest BCUT2D eigenvalue weighted by atomic mass is 32.2. The Morgan fingerprint density at radius 2 is 1.70 bits per heavy atom. The summed E-state index contributed by atoms with van der Waals surface area (Å²) in [4.78, 5) is 4.06. The number of aromatic nitrogens is 3. The molecule has 126 valence electrons. The van der Waals surface area contributed by atoms with E-state index in [1.165, 1.54) is 5.56 Å². The lowest BCUT2D eigenvalue weighted by molar-refractivity contribution is 0.585. The van der Waals surface area contributed by atoms with Crippen LogP contribution in [-0.4, -0.2) is 23.6 Å². The van der Waals surface area contributed by atoms with Crippen molar-refractivity contribution in [1.82, 2.24) is 15.2 Å². The predicted molar refractivity (Wildman–Crippen MR) is 91.3 cm³/mol. The van der Waals surface area contributed by atoms with Crippen LogP contribution in [0.1, 0.15) is 55.8 Å². The highest BCUT2D eigenvalue weighted by Gasteiger charge is 2.24. The monoisotopic (exact) mass is 335 g/mol. The Bertz CT molecular complexity index is 792. The van der Waals surface area contributed by atoms with E-state index in [0.29, 0.717) is 12.2 Å². The molecule has 1 heterocycles. The number of rotatable bonds is 4. The van der Waals surface area contributed by atoms with Gasteiger partial charge in [0.15, 0.2) is 0 Å². The molecule has 5 nitrogen and oxygen atoms in total. The molecule has 0 radical (unpaired) electrons. The van der Waals surface area contributed by atoms with E-state index >= 15 is 0 Å². The molecule has 23 heavy (non-hydrogen) atoms. The lowest BCUT2D eigenvalue weighted by Crippen LogP contribution is -2.14. The van der Waals surface area contributed by atoms with Crippen LogP contribution in [0.2, 0.25) is 0 Å². The molecule has 2 rings (SSSR count). The van der Waals surface area contributed by atoms with Gasteiger partial charge in [0, 0.05) is 6.42 Å². The fourth-order valence-electron chi connectivity index (χ4n) is 2.48. The second-order valence-electron chi connectivity index (χ2n) is 7.02. The topological polar surface area (TPSA) is 75.7 Å². The lowest BCUT2D eigenvalue weighted by Gasteiger charge is -2.22. The van der Waals surface area contributed by atoms with Crippen LogP contribution in [0.4, 0.5) is 0 Å². The fraction of sp³-hybridized carbons (Fsp3) is 0.529. The van der Waals surface area contributed by atoms with Crippen molar-refractivity contribution in [3.8, 4) is 0 Å². The molecule has 0 fully saturated rings. The van der Waals surface area contributed by atoms with Gasteiger partial charge in [0.25, 0.3) is 5.16 Å². The molecule has 0 aliphatic carbocycles. The summed E-state index contributed by atoms with van der Waals surface area (Å²) >= 11 is 0. The Hall–Kier alpha value is -1.69. The molecule has 0 unspecified atom stereocenters.